The van der Waals surface area contributed by atoms with Crippen molar-refractivity contribution in [3.63, 3.8) is 0 Å². The quantitative estimate of drug-likeness (QED) is 0.445. The number of guanidine groups is 1. The minimum atomic E-state index is -3.16. The second-order valence-corrected chi connectivity index (χ2v) is 9.66. The third-order valence-corrected chi connectivity index (χ3v) is 5.43. The molecule has 0 saturated heterocycles. The molecule has 7 heteroatoms. The Morgan fingerprint density at radius 1 is 1.07 bits per heavy atom. The highest BCUT2D eigenvalue weighted by Crippen LogP contribution is 2.15. The van der Waals surface area contributed by atoms with E-state index in [4.69, 9.17) is 4.74 Å². The first kappa shape index (κ1) is 23.7. The molecule has 0 heterocycles. The van der Waals surface area contributed by atoms with Crippen molar-refractivity contribution in [3.8, 4) is 5.75 Å². The van der Waals surface area contributed by atoms with Crippen LogP contribution in [0.3, 0.4) is 0 Å². The summed E-state index contributed by atoms with van der Waals surface area (Å²) in [5.41, 5.74) is 2.16. The van der Waals surface area contributed by atoms with E-state index in [-0.39, 0.29) is 0 Å². The highest BCUT2D eigenvalue weighted by molar-refractivity contribution is 7.90. The molecule has 0 aromatic heterocycles. The van der Waals surface area contributed by atoms with E-state index in [1.807, 2.05) is 43.3 Å². The lowest BCUT2D eigenvalue weighted by Gasteiger charge is -2.12. The molecule has 0 aliphatic rings. The molecule has 0 spiro atoms. The summed E-state index contributed by atoms with van der Waals surface area (Å²) in [7, 11) is -3.16. The fourth-order valence-electron chi connectivity index (χ4n) is 2.74. The zero-order valence-electron chi connectivity index (χ0n) is 18.3. The van der Waals surface area contributed by atoms with Crippen molar-refractivity contribution in [1.82, 2.24) is 10.6 Å². The molecule has 0 aliphatic carbocycles. The smallest absolute Gasteiger partial charge is 0.191 e. The van der Waals surface area contributed by atoms with Crippen LogP contribution in [0.4, 0.5) is 0 Å². The molecule has 0 radical (unpaired) electrons. The molecule has 0 atom stereocenters. The molecule has 0 aliphatic heterocycles. The predicted molar refractivity (Wildman–Crippen MR) is 123 cm³/mol. The molecule has 2 aromatic rings. The average molecular weight is 432 g/mol. The molecular weight excluding hydrogens is 398 g/mol. The first-order valence-corrected chi connectivity index (χ1v) is 12.2. The van der Waals surface area contributed by atoms with Gasteiger partial charge in [-0.3, -0.25) is 0 Å². The Kier molecular flexibility index (Phi) is 9.17. The minimum Gasteiger partial charge on any atom is -0.493 e. The van der Waals surface area contributed by atoms with Gasteiger partial charge < -0.3 is 15.4 Å². The van der Waals surface area contributed by atoms with Gasteiger partial charge in [0.2, 0.25) is 0 Å². The van der Waals surface area contributed by atoms with Gasteiger partial charge in [0.15, 0.2) is 15.8 Å². The zero-order valence-corrected chi connectivity index (χ0v) is 19.1. The van der Waals surface area contributed by atoms with Crippen LogP contribution in [-0.4, -0.2) is 40.3 Å². The van der Waals surface area contributed by atoms with Crippen molar-refractivity contribution in [3.05, 3.63) is 59.7 Å². The molecule has 2 aromatic carbocycles. The van der Waals surface area contributed by atoms with Crippen molar-refractivity contribution in [2.75, 3.05) is 26.0 Å². The van der Waals surface area contributed by atoms with Crippen molar-refractivity contribution >= 4 is 15.8 Å². The summed E-state index contributed by atoms with van der Waals surface area (Å²) >= 11 is 0. The standard InChI is InChI=1S/C23H33N3O3S/c1-5-24-23(25-14-13-19-9-11-22(12-10-19)30(4,27)28)26-16-20-7-6-8-21(15-20)29-17-18(2)3/h6-12,15,18H,5,13-14,16-17H2,1-4H3,(H2,24,25,26). The number of hydrogen-bond acceptors (Lipinski definition) is 4. The average Bonchev–Trinajstić information content (AvgIpc) is 2.70. The summed E-state index contributed by atoms with van der Waals surface area (Å²) in [6.45, 7) is 9.00. The molecule has 30 heavy (non-hydrogen) atoms. The third-order valence-electron chi connectivity index (χ3n) is 4.30. The maximum absolute atomic E-state index is 11.6. The van der Waals surface area contributed by atoms with E-state index in [0.717, 1.165) is 35.8 Å². The Hall–Kier alpha value is -2.54. The molecule has 0 amide bonds. The molecule has 0 fully saturated rings. The van der Waals surface area contributed by atoms with E-state index in [0.29, 0.717) is 30.5 Å². The van der Waals surface area contributed by atoms with Gasteiger partial charge in [-0.1, -0.05) is 38.1 Å². The van der Waals surface area contributed by atoms with E-state index in [1.165, 1.54) is 6.26 Å². The minimum absolute atomic E-state index is 0.341. The van der Waals surface area contributed by atoms with Crippen LogP contribution in [0, 0.1) is 5.92 Å². The molecule has 2 rings (SSSR count). The highest BCUT2D eigenvalue weighted by atomic mass is 32.2. The van der Waals surface area contributed by atoms with E-state index in [9.17, 15) is 8.42 Å². The van der Waals surface area contributed by atoms with Gasteiger partial charge >= 0.3 is 0 Å². The number of hydrogen-bond donors (Lipinski definition) is 2. The monoisotopic (exact) mass is 431 g/mol. The number of rotatable bonds is 10. The van der Waals surface area contributed by atoms with E-state index < -0.39 is 9.84 Å². The van der Waals surface area contributed by atoms with Gasteiger partial charge in [0.25, 0.3) is 0 Å². The molecule has 2 N–H and O–H groups in total. The van der Waals surface area contributed by atoms with Crippen LogP contribution in [0.1, 0.15) is 31.9 Å². The summed E-state index contributed by atoms with van der Waals surface area (Å²) in [5.74, 6) is 2.10. The molecule has 0 saturated carbocycles. The van der Waals surface area contributed by atoms with Crippen molar-refractivity contribution in [2.45, 2.75) is 38.6 Å². The second kappa shape index (κ2) is 11.6. The summed E-state index contributed by atoms with van der Waals surface area (Å²) in [6, 6.07) is 15.0. The first-order valence-electron chi connectivity index (χ1n) is 10.3. The van der Waals surface area contributed by atoms with Gasteiger partial charge in [-0.25, -0.2) is 13.4 Å². The SMILES string of the molecule is CCNC(=NCc1cccc(OCC(C)C)c1)NCCc1ccc(S(C)(=O)=O)cc1. The molecule has 0 unspecified atom stereocenters. The first-order chi connectivity index (χ1) is 14.3. The Morgan fingerprint density at radius 2 is 1.80 bits per heavy atom. The van der Waals surface area contributed by atoms with Crippen LogP contribution in [-0.2, 0) is 22.8 Å². The Balaban J connectivity index is 1.91. The van der Waals surface area contributed by atoms with Crippen LogP contribution in [0.5, 0.6) is 5.75 Å². The van der Waals surface area contributed by atoms with Gasteiger partial charge in [0.1, 0.15) is 5.75 Å². The Labute approximate surface area is 180 Å². The highest BCUT2D eigenvalue weighted by Gasteiger charge is 2.06. The lowest BCUT2D eigenvalue weighted by atomic mass is 10.1. The van der Waals surface area contributed by atoms with E-state index in [1.54, 1.807) is 12.1 Å². The van der Waals surface area contributed by atoms with Gasteiger partial charge in [-0.15, -0.1) is 0 Å². The van der Waals surface area contributed by atoms with Crippen molar-refractivity contribution in [2.24, 2.45) is 10.9 Å². The second-order valence-electron chi connectivity index (χ2n) is 7.64. The number of nitrogens with one attached hydrogen (secondary N) is 2. The summed E-state index contributed by atoms with van der Waals surface area (Å²) in [6.07, 6.45) is 1.99. The van der Waals surface area contributed by atoms with Crippen LogP contribution in [0.2, 0.25) is 0 Å². The molecule has 0 bridgehead atoms. The lowest BCUT2D eigenvalue weighted by molar-refractivity contribution is 0.271. The maximum Gasteiger partial charge on any atom is 0.191 e. The van der Waals surface area contributed by atoms with Crippen LogP contribution >= 0.6 is 0 Å². The lowest BCUT2D eigenvalue weighted by Crippen LogP contribution is -2.38. The van der Waals surface area contributed by atoms with E-state index >= 15 is 0 Å². The van der Waals surface area contributed by atoms with Crippen LogP contribution in [0.15, 0.2) is 58.4 Å². The summed E-state index contributed by atoms with van der Waals surface area (Å²) in [5, 5.41) is 6.58. The number of nitrogens with zero attached hydrogens (tertiary/aromatic N) is 1. The Morgan fingerprint density at radius 3 is 2.43 bits per heavy atom. The number of benzene rings is 2. The van der Waals surface area contributed by atoms with Gasteiger partial charge in [0, 0.05) is 19.3 Å². The summed E-state index contributed by atoms with van der Waals surface area (Å²) in [4.78, 5) is 5.00. The van der Waals surface area contributed by atoms with Crippen LogP contribution < -0.4 is 15.4 Å². The van der Waals surface area contributed by atoms with Gasteiger partial charge in [-0.2, -0.15) is 0 Å². The van der Waals surface area contributed by atoms with Gasteiger partial charge in [-0.05, 0) is 54.7 Å². The Bertz CT molecular complexity index is 923. The summed E-state index contributed by atoms with van der Waals surface area (Å²) < 4.78 is 28.9. The predicted octanol–water partition coefficient (Wildman–Crippen LogP) is 3.42. The number of ether oxygens (including phenoxy) is 1. The van der Waals surface area contributed by atoms with Crippen molar-refractivity contribution in [1.29, 1.82) is 0 Å². The number of aliphatic imine (C=N–C) groups is 1. The maximum atomic E-state index is 11.6. The third kappa shape index (κ3) is 8.45. The normalized spacial score (nSPS) is 12.1. The largest absolute Gasteiger partial charge is 0.493 e. The van der Waals surface area contributed by atoms with Crippen LogP contribution in [0.25, 0.3) is 0 Å². The van der Waals surface area contributed by atoms with E-state index in [2.05, 4.69) is 29.5 Å². The fraction of sp³-hybridized carbons (Fsp3) is 0.435. The topological polar surface area (TPSA) is 79.8 Å². The van der Waals surface area contributed by atoms with Crippen molar-refractivity contribution < 1.29 is 13.2 Å². The molecular formula is C23H33N3O3S. The molecule has 164 valence electrons. The zero-order chi connectivity index (χ0) is 22.0. The van der Waals surface area contributed by atoms with Gasteiger partial charge in [0.05, 0.1) is 18.0 Å². The fourth-order valence-corrected chi connectivity index (χ4v) is 3.37. The number of sulfone groups is 1. The molecule has 6 nitrogen and oxygen atoms in total.